The minimum Gasteiger partial charge on any atom is -0.343 e. The van der Waals surface area contributed by atoms with Crippen molar-refractivity contribution in [1.29, 1.82) is 0 Å². The van der Waals surface area contributed by atoms with Crippen LogP contribution in [0.5, 0.6) is 0 Å². The van der Waals surface area contributed by atoms with Gasteiger partial charge in [0.25, 0.3) is 0 Å². The van der Waals surface area contributed by atoms with E-state index in [9.17, 15) is 24.0 Å². The second-order valence-corrected chi connectivity index (χ2v) is 8.33. The highest BCUT2D eigenvalue weighted by Gasteiger charge is 2.58. The molecule has 3 fully saturated rings. The highest BCUT2D eigenvalue weighted by Crippen LogP contribution is 2.37. The van der Waals surface area contributed by atoms with Gasteiger partial charge >= 0.3 is 6.03 Å². The molecule has 0 aromatic carbocycles. The number of rotatable bonds is 4. The second-order valence-electron chi connectivity index (χ2n) is 8.33. The molecule has 0 aliphatic carbocycles. The van der Waals surface area contributed by atoms with Crippen LogP contribution in [0.15, 0.2) is 0 Å². The molecule has 0 N–H and O–H groups in total. The number of barbiturate groups is 1. The Bertz CT molecular complexity index is 652. The number of imide groups is 2. The average Bonchev–Trinajstić information content (AvgIpc) is 2.76. The molecule has 6 amide bonds. The second kappa shape index (κ2) is 8.51. The van der Waals surface area contributed by atoms with Crippen LogP contribution < -0.4 is 0 Å². The van der Waals surface area contributed by atoms with Crippen molar-refractivity contribution in [2.75, 3.05) is 40.3 Å². The number of hydrogen-bond donors (Lipinski definition) is 0. The van der Waals surface area contributed by atoms with Crippen LogP contribution in [0, 0.1) is 5.41 Å². The summed E-state index contributed by atoms with van der Waals surface area (Å²) in [6, 6.07) is -0.744. The number of carbonyl (C=O) groups is 5. The van der Waals surface area contributed by atoms with Crippen LogP contribution in [0.2, 0.25) is 0 Å². The summed E-state index contributed by atoms with van der Waals surface area (Å²) >= 11 is 0. The lowest BCUT2D eigenvalue weighted by Crippen LogP contribution is -2.65. The molecule has 3 saturated heterocycles. The molecule has 0 radical (unpaired) electrons. The standard InChI is InChI=1S/C20H30N4O5/c1-21-17(27)20(18(28)22(2)19(21)29,13-15(25)23-9-5-3-6-10-23)14-16(26)24-11-7-4-8-12-24/h3-14H2,1-2H3. The predicted molar refractivity (Wildman–Crippen MR) is 103 cm³/mol. The van der Waals surface area contributed by atoms with Gasteiger partial charge in [-0.1, -0.05) is 0 Å². The molecule has 3 aliphatic rings. The largest absolute Gasteiger partial charge is 0.343 e. The third kappa shape index (κ3) is 4.00. The molecule has 0 aromatic rings. The molecule has 9 heteroatoms. The van der Waals surface area contributed by atoms with Crippen molar-refractivity contribution in [3.8, 4) is 0 Å². The molecule has 0 bridgehead atoms. The number of nitrogens with zero attached hydrogens (tertiary/aromatic N) is 4. The average molecular weight is 406 g/mol. The van der Waals surface area contributed by atoms with E-state index in [4.69, 9.17) is 0 Å². The monoisotopic (exact) mass is 406 g/mol. The molecule has 3 rings (SSSR count). The molecular weight excluding hydrogens is 376 g/mol. The molecule has 9 nitrogen and oxygen atoms in total. The third-order valence-electron chi connectivity index (χ3n) is 6.33. The Hall–Kier alpha value is -2.45. The van der Waals surface area contributed by atoms with Gasteiger partial charge in [0.2, 0.25) is 23.6 Å². The minimum absolute atomic E-state index is 0.311. The molecule has 3 heterocycles. The lowest BCUT2D eigenvalue weighted by Gasteiger charge is -2.42. The zero-order valence-electron chi connectivity index (χ0n) is 17.3. The first kappa shape index (κ1) is 21.3. The van der Waals surface area contributed by atoms with Crippen molar-refractivity contribution in [3.05, 3.63) is 0 Å². The minimum atomic E-state index is -1.86. The molecule has 0 spiro atoms. The van der Waals surface area contributed by atoms with Crippen molar-refractivity contribution in [2.45, 2.75) is 51.4 Å². The molecule has 0 atom stereocenters. The Balaban J connectivity index is 1.90. The van der Waals surface area contributed by atoms with Gasteiger partial charge in [-0.3, -0.25) is 29.0 Å². The zero-order valence-corrected chi connectivity index (χ0v) is 17.3. The van der Waals surface area contributed by atoms with Crippen LogP contribution >= 0.6 is 0 Å². The molecule has 0 saturated carbocycles. The van der Waals surface area contributed by atoms with Crippen LogP contribution in [-0.4, -0.2) is 89.5 Å². The molecule has 160 valence electrons. The van der Waals surface area contributed by atoms with Crippen LogP contribution in [-0.2, 0) is 19.2 Å². The van der Waals surface area contributed by atoms with Gasteiger partial charge in [0.05, 0.1) is 12.8 Å². The molecule has 3 aliphatic heterocycles. The van der Waals surface area contributed by atoms with Gasteiger partial charge in [0, 0.05) is 40.3 Å². The summed E-state index contributed by atoms with van der Waals surface area (Å²) in [5.41, 5.74) is -1.86. The van der Waals surface area contributed by atoms with Crippen molar-refractivity contribution >= 4 is 29.7 Å². The van der Waals surface area contributed by atoms with E-state index >= 15 is 0 Å². The first-order valence-electron chi connectivity index (χ1n) is 10.4. The van der Waals surface area contributed by atoms with Gasteiger partial charge in [0.15, 0.2) is 0 Å². The highest BCUT2D eigenvalue weighted by molar-refractivity contribution is 6.21. The highest BCUT2D eigenvalue weighted by atomic mass is 16.2. The molecule has 29 heavy (non-hydrogen) atoms. The summed E-state index contributed by atoms with van der Waals surface area (Å²) in [5.74, 6) is -2.15. The summed E-state index contributed by atoms with van der Waals surface area (Å²) < 4.78 is 0. The van der Waals surface area contributed by atoms with E-state index in [1.165, 1.54) is 14.1 Å². The van der Waals surface area contributed by atoms with E-state index in [2.05, 4.69) is 0 Å². The van der Waals surface area contributed by atoms with E-state index in [1.807, 2.05) is 0 Å². The van der Waals surface area contributed by atoms with Crippen molar-refractivity contribution in [1.82, 2.24) is 19.6 Å². The van der Waals surface area contributed by atoms with Crippen LogP contribution in [0.25, 0.3) is 0 Å². The predicted octanol–water partition coefficient (Wildman–Crippen LogP) is 0.828. The molecule has 0 unspecified atom stereocenters. The van der Waals surface area contributed by atoms with Gasteiger partial charge in [0.1, 0.15) is 5.41 Å². The van der Waals surface area contributed by atoms with E-state index in [0.29, 0.717) is 26.2 Å². The zero-order chi connectivity index (χ0) is 21.2. The van der Waals surface area contributed by atoms with Crippen LogP contribution in [0.1, 0.15) is 51.4 Å². The number of amides is 6. The fourth-order valence-corrected chi connectivity index (χ4v) is 4.52. The van der Waals surface area contributed by atoms with Gasteiger partial charge in [-0.2, -0.15) is 0 Å². The van der Waals surface area contributed by atoms with Gasteiger partial charge in [-0.25, -0.2) is 4.79 Å². The Morgan fingerprint density at radius 3 is 1.38 bits per heavy atom. The maximum Gasteiger partial charge on any atom is 0.332 e. The number of hydrogen-bond acceptors (Lipinski definition) is 5. The third-order valence-corrected chi connectivity index (χ3v) is 6.33. The lowest BCUT2D eigenvalue weighted by atomic mass is 9.75. The maximum absolute atomic E-state index is 13.2. The van der Waals surface area contributed by atoms with Crippen molar-refractivity contribution < 1.29 is 24.0 Å². The number of urea groups is 1. The molecular formula is C20H30N4O5. The Labute approximate surface area is 171 Å². The van der Waals surface area contributed by atoms with E-state index < -0.39 is 23.3 Å². The van der Waals surface area contributed by atoms with E-state index in [-0.39, 0.29) is 24.7 Å². The number of piperidine rings is 2. The van der Waals surface area contributed by atoms with Gasteiger partial charge in [-0.05, 0) is 38.5 Å². The summed E-state index contributed by atoms with van der Waals surface area (Å²) in [6.07, 6.45) is 4.84. The number of carbonyl (C=O) groups excluding carboxylic acids is 5. The molecule has 0 aromatic heterocycles. The lowest BCUT2D eigenvalue weighted by molar-refractivity contribution is -0.165. The smallest absolute Gasteiger partial charge is 0.332 e. The van der Waals surface area contributed by atoms with Crippen molar-refractivity contribution in [2.24, 2.45) is 5.41 Å². The summed E-state index contributed by atoms with van der Waals surface area (Å²) in [4.78, 5) is 69.6. The van der Waals surface area contributed by atoms with Gasteiger partial charge < -0.3 is 9.80 Å². The summed E-state index contributed by atoms with van der Waals surface area (Å²) in [7, 11) is 2.58. The topological polar surface area (TPSA) is 98.3 Å². The number of likely N-dealkylation sites (tertiary alicyclic amines) is 2. The van der Waals surface area contributed by atoms with Crippen molar-refractivity contribution in [3.63, 3.8) is 0 Å². The first-order chi connectivity index (χ1) is 13.8. The fraction of sp³-hybridized carbons (Fsp3) is 0.750. The normalized spacial score (nSPS) is 22.9. The first-order valence-corrected chi connectivity index (χ1v) is 10.4. The Kier molecular flexibility index (Phi) is 6.24. The van der Waals surface area contributed by atoms with E-state index in [1.54, 1.807) is 9.80 Å². The van der Waals surface area contributed by atoms with E-state index in [0.717, 1.165) is 48.3 Å². The quantitative estimate of drug-likeness (QED) is 0.644. The van der Waals surface area contributed by atoms with Crippen LogP contribution in [0.4, 0.5) is 4.79 Å². The fourth-order valence-electron chi connectivity index (χ4n) is 4.52. The Morgan fingerprint density at radius 1 is 0.690 bits per heavy atom. The van der Waals surface area contributed by atoms with Gasteiger partial charge in [-0.15, -0.1) is 0 Å². The summed E-state index contributed by atoms with van der Waals surface area (Å²) in [6.45, 7) is 2.34. The maximum atomic E-state index is 13.2. The SMILES string of the molecule is CN1C(=O)N(C)C(=O)C(CC(=O)N2CCCCC2)(CC(=O)N2CCCCC2)C1=O. The summed E-state index contributed by atoms with van der Waals surface area (Å²) in [5, 5.41) is 0. The Morgan fingerprint density at radius 2 is 1.03 bits per heavy atom. The van der Waals surface area contributed by atoms with Crippen LogP contribution in [0.3, 0.4) is 0 Å².